The van der Waals surface area contributed by atoms with Crippen LogP contribution < -0.4 is 0 Å². The summed E-state index contributed by atoms with van der Waals surface area (Å²) in [4.78, 5) is 11.0. The number of hydrogen-bond acceptors (Lipinski definition) is 1. The van der Waals surface area contributed by atoms with Gasteiger partial charge in [0.25, 0.3) is 0 Å². The number of rotatable bonds is 5. The van der Waals surface area contributed by atoms with E-state index in [-0.39, 0.29) is 8.81 Å². The van der Waals surface area contributed by atoms with Gasteiger partial charge in [-0.3, -0.25) is 0 Å². The van der Waals surface area contributed by atoms with Crippen LogP contribution in [0, 0.1) is 0 Å². The van der Waals surface area contributed by atoms with Crippen molar-refractivity contribution in [3.8, 4) is 0 Å². The molecule has 0 aromatic carbocycles. The van der Waals surface area contributed by atoms with E-state index in [1.54, 1.807) is 0 Å². The maximum atomic E-state index is 8.60. The van der Waals surface area contributed by atoms with Gasteiger partial charge in [-0.1, -0.05) is 0 Å². The summed E-state index contributed by atoms with van der Waals surface area (Å²) >= 11 is -0.609. The van der Waals surface area contributed by atoms with E-state index in [1.165, 1.54) is 17.3 Å². The fourth-order valence-corrected chi connectivity index (χ4v) is 5.82. The van der Waals surface area contributed by atoms with E-state index in [4.69, 9.17) is 4.89 Å². The first kappa shape index (κ1) is 10.1. The van der Waals surface area contributed by atoms with Crippen molar-refractivity contribution < 1.29 is 4.89 Å². The molecule has 0 bridgehead atoms. The van der Waals surface area contributed by atoms with Crippen LogP contribution in [0.5, 0.6) is 0 Å². The van der Waals surface area contributed by atoms with Crippen molar-refractivity contribution in [1.82, 2.24) is 0 Å². The molecule has 0 aromatic heterocycles. The maximum absolute atomic E-state index is 8.60. The SMILES string of the molecule is CCCCI(C)CPO. The van der Waals surface area contributed by atoms with Gasteiger partial charge in [0, 0.05) is 0 Å². The Labute approximate surface area is 66.9 Å². The van der Waals surface area contributed by atoms with Gasteiger partial charge in [-0.2, -0.15) is 0 Å². The van der Waals surface area contributed by atoms with Gasteiger partial charge in [0.05, 0.1) is 0 Å². The van der Waals surface area contributed by atoms with Gasteiger partial charge in [-0.05, 0) is 0 Å². The minimum absolute atomic E-state index is 0.219. The molecule has 0 aliphatic rings. The monoisotopic (exact) mass is 262 g/mol. The third kappa shape index (κ3) is 7.01. The van der Waals surface area contributed by atoms with Crippen molar-refractivity contribution >= 4 is 28.6 Å². The molecule has 0 amide bonds. The van der Waals surface area contributed by atoms with Crippen LogP contribution in [0.3, 0.4) is 0 Å². The Bertz CT molecular complexity index is 61.0. The molecule has 9 heavy (non-hydrogen) atoms. The number of alkyl halides is 3. The molecule has 0 spiro atoms. The van der Waals surface area contributed by atoms with Crippen molar-refractivity contribution in [2.75, 3.05) is 13.5 Å². The topological polar surface area (TPSA) is 20.2 Å². The fourth-order valence-electron chi connectivity index (χ4n) is 0.531. The van der Waals surface area contributed by atoms with Crippen LogP contribution >= 0.6 is 28.6 Å². The molecule has 0 fully saturated rings. The standard InChI is InChI=1S/C6H16IOP/c1-3-4-5-7(2)6-9-8/h8-9H,3-6H2,1-2H3. The second-order valence-corrected chi connectivity index (χ2v) is 10.1. The molecule has 0 radical (unpaired) electrons. The Kier molecular flexibility index (Phi) is 8.13. The normalized spacial score (nSPS) is 13.0. The number of unbranched alkanes of at least 4 members (excludes halogenated alkanes) is 1. The van der Waals surface area contributed by atoms with Gasteiger partial charge in [-0.25, -0.2) is 0 Å². The van der Waals surface area contributed by atoms with E-state index in [1.807, 2.05) is 0 Å². The molecule has 1 unspecified atom stereocenters. The van der Waals surface area contributed by atoms with E-state index in [0.29, 0.717) is 0 Å². The summed E-state index contributed by atoms with van der Waals surface area (Å²) < 4.78 is 2.60. The van der Waals surface area contributed by atoms with Crippen LogP contribution in [0.2, 0.25) is 0 Å². The molecular formula is C6H16IOP. The van der Waals surface area contributed by atoms with Gasteiger partial charge < -0.3 is 0 Å². The van der Waals surface area contributed by atoms with Crippen molar-refractivity contribution in [1.29, 1.82) is 0 Å². The van der Waals surface area contributed by atoms with Crippen LogP contribution in [-0.4, -0.2) is 18.4 Å². The number of halogens is 1. The average molecular weight is 262 g/mol. The van der Waals surface area contributed by atoms with Crippen LogP contribution in [0.25, 0.3) is 0 Å². The molecule has 0 aliphatic heterocycles. The van der Waals surface area contributed by atoms with Crippen LogP contribution in [0.1, 0.15) is 19.8 Å². The van der Waals surface area contributed by atoms with Crippen molar-refractivity contribution in [2.24, 2.45) is 0 Å². The fraction of sp³-hybridized carbons (Fsp3) is 1.00. The van der Waals surface area contributed by atoms with Crippen molar-refractivity contribution in [3.63, 3.8) is 0 Å². The third-order valence-electron chi connectivity index (χ3n) is 1.10. The average Bonchev–Trinajstić information content (AvgIpc) is 1.85. The van der Waals surface area contributed by atoms with Crippen molar-refractivity contribution in [2.45, 2.75) is 19.8 Å². The van der Waals surface area contributed by atoms with E-state index in [9.17, 15) is 0 Å². The van der Waals surface area contributed by atoms with Gasteiger partial charge >= 0.3 is 66.8 Å². The predicted molar refractivity (Wildman–Crippen MR) is 55.1 cm³/mol. The molecule has 3 heteroatoms. The summed E-state index contributed by atoms with van der Waals surface area (Å²) in [5, 5.41) is 0. The zero-order chi connectivity index (χ0) is 7.11. The predicted octanol–water partition coefficient (Wildman–Crippen LogP) is 2.47. The van der Waals surface area contributed by atoms with Crippen LogP contribution in [-0.2, 0) is 0 Å². The molecule has 1 nitrogen and oxygen atoms in total. The quantitative estimate of drug-likeness (QED) is 0.458. The first-order valence-electron chi connectivity index (χ1n) is 3.20. The second kappa shape index (κ2) is 7.23. The Balaban J connectivity index is 2.95. The molecular weight excluding hydrogens is 246 g/mol. The molecule has 58 valence electrons. The molecule has 0 saturated heterocycles. The summed E-state index contributed by atoms with van der Waals surface area (Å²) in [6.07, 6.45) is 2.70. The van der Waals surface area contributed by atoms with E-state index in [0.717, 1.165) is 4.17 Å². The zero-order valence-corrected chi connectivity index (χ0v) is 9.31. The first-order chi connectivity index (χ1) is 4.31. The first-order valence-corrected chi connectivity index (χ1v) is 9.56. The van der Waals surface area contributed by atoms with Gasteiger partial charge in [0.1, 0.15) is 0 Å². The van der Waals surface area contributed by atoms with E-state index in [2.05, 4.69) is 11.9 Å². The molecule has 0 aromatic rings. The number of hydrogen-bond donors (Lipinski definition) is 1. The second-order valence-electron chi connectivity index (χ2n) is 2.06. The molecule has 1 N–H and O–H groups in total. The zero-order valence-electron chi connectivity index (χ0n) is 6.15. The van der Waals surface area contributed by atoms with Crippen LogP contribution in [0.4, 0.5) is 0 Å². The molecule has 0 aliphatic carbocycles. The third-order valence-corrected chi connectivity index (χ3v) is 9.21. The summed E-state index contributed by atoms with van der Waals surface area (Å²) in [6, 6.07) is 0. The Morgan fingerprint density at radius 2 is 2.22 bits per heavy atom. The molecule has 0 saturated carbocycles. The van der Waals surface area contributed by atoms with Gasteiger partial charge in [0.15, 0.2) is 0 Å². The minimum atomic E-state index is -0.609. The van der Waals surface area contributed by atoms with E-state index >= 15 is 0 Å². The molecule has 1 atom stereocenters. The van der Waals surface area contributed by atoms with Crippen LogP contribution in [0.15, 0.2) is 0 Å². The molecule has 0 heterocycles. The van der Waals surface area contributed by atoms with Gasteiger partial charge in [-0.15, -0.1) is 0 Å². The Morgan fingerprint density at radius 3 is 2.67 bits per heavy atom. The summed E-state index contributed by atoms with van der Waals surface area (Å²) in [5.74, 6) is 0. The van der Waals surface area contributed by atoms with Gasteiger partial charge in [0.2, 0.25) is 0 Å². The Hall–Kier alpha value is 1.12. The van der Waals surface area contributed by atoms with E-state index < -0.39 is 19.8 Å². The summed E-state index contributed by atoms with van der Waals surface area (Å²) in [7, 11) is 0.219. The Morgan fingerprint density at radius 1 is 1.56 bits per heavy atom. The summed E-state index contributed by atoms with van der Waals surface area (Å²) in [6.45, 7) is 2.23. The van der Waals surface area contributed by atoms with Crippen molar-refractivity contribution in [3.05, 3.63) is 0 Å². The molecule has 0 rings (SSSR count). The summed E-state index contributed by atoms with van der Waals surface area (Å²) in [5.41, 5.74) is 0.